The molecule has 0 atom stereocenters. The quantitative estimate of drug-likeness (QED) is 0.445. The van der Waals surface area contributed by atoms with Gasteiger partial charge in [-0.2, -0.15) is 0 Å². The Bertz CT molecular complexity index is 393. The second kappa shape index (κ2) is 4.86. The summed E-state index contributed by atoms with van der Waals surface area (Å²) in [6.07, 6.45) is 0. The molecular formula is C7H10N4O4. The van der Waals surface area contributed by atoms with Crippen molar-refractivity contribution < 1.29 is 9.85 Å². The van der Waals surface area contributed by atoms with E-state index in [1.807, 2.05) is 0 Å². The number of nitrogens with two attached hydrogens (primary N) is 1. The number of nitrogens with zero attached hydrogens (tertiary/aromatic N) is 2. The molecule has 0 spiro atoms. The molecule has 0 fully saturated rings. The SMILES string of the molecule is C.NNc1ccc([N+](=O)[O-])cc1[N+](=O)[O-]. The summed E-state index contributed by atoms with van der Waals surface area (Å²) >= 11 is 0. The minimum atomic E-state index is -0.748. The average molecular weight is 214 g/mol. The normalized spacial score (nSPS) is 8.87. The Hall–Kier alpha value is -2.22. The molecular weight excluding hydrogens is 204 g/mol. The Morgan fingerprint density at radius 2 is 1.80 bits per heavy atom. The van der Waals surface area contributed by atoms with Crippen LogP contribution in [0.15, 0.2) is 18.2 Å². The van der Waals surface area contributed by atoms with Crippen molar-refractivity contribution in [3.05, 3.63) is 38.4 Å². The minimum Gasteiger partial charge on any atom is -0.318 e. The summed E-state index contributed by atoms with van der Waals surface area (Å²) in [6.45, 7) is 0. The number of nitro benzene ring substituents is 2. The van der Waals surface area contributed by atoms with Gasteiger partial charge in [0.05, 0.1) is 15.9 Å². The van der Waals surface area contributed by atoms with Crippen molar-refractivity contribution in [1.29, 1.82) is 0 Å². The first kappa shape index (κ1) is 12.8. The summed E-state index contributed by atoms with van der Waals surface area (Å²) in [5.41, 5.74) is 1.33. The van der Waals surface area contributed by atoms with Crippen LogP contribution in [0.5, 0.6) is 0 Å². The van der Waals surface area contributed by atoms with Gasteiger partial charge < -0.3 is 5.43 Å². The molecule has 1 rings (SSSR count). The van der Waals surface area contributed by atoms with Crippen LogP contribution in [0.3, 0.4) is 0 Å². The molecule has 0 unspecified atom stereocenters. The van der Waals surface area contributed by atoms with Gasteiger partial charge in [-0.3, -0.25) is 26.1 Å². The zero-order valence-electron chi connectivity index (χ0n) is 6.84. The highest BCUT2D eigenvalue weighted by Crippen LogP contribution is 2.27. The second-order valence-electron chi connectivity index (χ2n) is 2.36. The monoisotopic (exact) mass is 214 g/mol. The average Bonchev–Trinajstić information content (AvgIpc) is 2.16. The van der Waals surface area contributed by atoms with Crippen LogP contribution in [0.25, 0.3) is 0 Å². The number of nitrogen functional groups attached to an aromatic ring is 1. The molecule has 0 amide bonds. The lowest BCUT2D eigenvalue weighted by atomic mass is 10.2. The van der Waals surface area contributed by atoms with Crippen LogP contribution in [0, 0.1) is 20.2 Å². The number of nitrogens with one attached hydrogen (secondary N) is 1. The van der Waals surface area contributed by atoms with E-state index in [9.17, 15) is 20.2 Å². The topological polar surface area (TPSA) is 124 Å². The van der Waals surface area contributed by atoms with Gasteiger partial charge in [0.1, 0.15) is 5.69 Å². The van der Waals surface area contributed by atoms with Crippen molar-refractivity contribution in [2.75, 3.05) is 5.43 Å². The molecule has 0 saturated carbocycles. The molecule has 0 bridgehead atoms. The summed E-state index contributed by atoms with van der Waals surface area (Å²) in [7, 11) is 0. The number of hydrogen-bond acceptors (Lipinski definition) is 6. The standard InChI is InChI=1S/C6H6N4O4.CH4/c7-8-5-2-1-4(9(11)12)3-6(5)10(13)14;/h1-3,8H,7H2;1H4. The number of non-ortho nitro benzene ring substituents is 1. The van der Waals surface area contributed by atoms with E-state index in [4.69, 9.17) is 5.84 Å². The second-order valence-corrected chi connectivity index (χ2v) is 2.36. The molecule has 1 aromatic rings. The molecule has 8 heteroatoms. The maximum Gasteiger partial charge on any atom is 0.300 e. The minimum absolute atomic E-state index is 0. The van der Waals surface area contributed by atoms with Crippen LogP contribution >= 0.6 is 0 Å². The van der Waals surface area contributed by atoms with E-state index in [0.29, 0.717) is 0 Å². The van der Waals surface area contributed by atoms with Gasteiger partial charge in [0.2, 0.25) is 0 Å². The van der Waals surface area contributed by atoms with E-state index in [1.165, 1.54) is 6.07 Å². The van der Waals surface area contributed by atoms with Gasteiger partial charge >= 0.3 is 5.69 Å². The summed E-state index contributed by atoms with van der Waals surface area (Å²) < 4.78 is 0. The fourth-order valence-electron chi connectivity index (χ4n) is 0.907. The molecule has 3 N–H and O–H groups in total. The number of nitro groups is 2. The molecule has 0 aliphatic rings. The van der Waals surface area contributed by atoms with Crippen molar-refractivity contribution in [3.8, 4) is 0 Å². The van der Waals surface area contributed by atoms with Gasteiger partial charge in [-0.25, -0.2) is 0 Å². The fraction of sp³-hybridized carbons (Fsp3) is 0.143. The lowest BCUT2D eigenvalue weighted by Crippen LogP contribution is -2.09. The molecule has 8 nitrogen and oxygen atoms in total. The molecule has 0 aromatic heterocycles. The predicted octanol–water partition coefficient (Wildman–Crippen LogP) is 1.42. The Morgan fingerprint density at radius 1 is 1.20 bits per heavy atom. The van der Waals surface area contributed by atoms with Crippen LogP contribution in [-0.2, 0) is 0 Å². The van der Waals surface area contributed by atoms with Crippen molar-refractivity contribution in [1.82, 2.24) is 0 Å². The van der Waals surface area contributed by atoms with Gasteiger partial charge in [-0.05, 0) is 6.07 Å². The summed E-state index contributed by atoms with van der Waals surface area (Å²) in [5, 5.41) is 20.7. The Kier molecular flexibility index (Phi) is 4.14. The van der Waals surface area contributed by atoms with Crippen molar-refractivity contribution in [2.45, 2.75) is 7.43 Å². The van der Waals surface area contributed by atoms with Crippen molar-refractivity contribution in [3.63, 3.8) is 0 Å². The third-order valence-corrected chi connectivity index (χ3v) is 1.54. The third-order valence-electron chi connectivity index (χ3n) is 1.54. The predicted molar refractivity (Wildman–Crippen MR) is 54.3 cm³/mol. The first-order valence-electron chi connectivity index (χ1n) is 3.45. The maximum absolute atomic E-state index is 10.4. The molecule has 15 heavy (non-hydrogen) atoms. The first-order valence-corrected chi connectivity index (χ1v) is 3.45. The third kappa shape index (κ3) is 2.61. The van der Waals surface area contributed by atoms with Crippen LogP contribution in [0.1, 0.15) is 7.43 Å². The van der Waals surface area contributed by atoms with E-state index in [-0.39, 0.29) is 18.8 Å². The molecule has 82 valence electrons. The maximum atomic E-state index is 10.4. The molecule has 0 aliphatic heterocycles. The Morgan fingerprint density at radius 3 is 2.20 bits per heavy atom. The number of hydrazine groups is 1. The number of anilines is 1. The first-order chi connectivity index (χ1) is 6.56. The van der Waals surface area contributed by atoms with Crippen LogP contribution in [0.4, 0.5) is 17.1 Å². The lowest BCUT2D eigenvalue weighted by molar-refractivity contribution is -0.393. The zero-order chi connectivity index (χ0) is 10.7. The summed E-state index contributed by atoms with van der Waals surface area (Å²) in [6, 6.07) is 3.15. The zero-order valence-corrected chi connectivity index (χ0v) is 6.84. The molecule has 0 heterocycles. The van der Waals surface area contributed by atoms with Gasteiger partial charge in [-0.15, -0.1) is 0 Å². The highest BCUT2D eigenvalue weighted by Gasteiger charge is 2.18. The van der Waals surface area contributed by atoms with Crippen molar-refractivity contribution >= 4 is 17.1 Å². The van der Waals surface area contributed by atoms with E-state index >= 15 is 0 Å². The van der Waals surface area contributed by atoms with Crippen LogP contribution < -0.4 is 11.3 Å². The van der Waals surface area contributed by atoms with Crippen LogP contribution in [-0.4, -0.2) is 9.85 Å². The van der Waals surface area contributed by atoms with Gasteiger partial charge in [-0.1, -0.05) is 7.43 Å². The van der Waals surface area contributed by atoms with Gasteiger partial charge in [0.15, 0.2) is 0 Å². The lowest BCUT2D eigenvalue weighted by Gasteiger charge is -2.00. The van der Waals surface area contributed by atoms with Gasteiger partial charge in [0.25, 0.3) is 5.69 Å². The fourth-order valence-corrected chi connectivity index (χ4v) is 0.907. The molecule has 0 radical (unpaired) electrons. The Balaban J connectivity index is 0.00000196. The molecule has 1 aromatic carbocycles. The van der Waals surface area contributed by atoms with E-state index < -0.39 is 15.5 Å². The molecule has 0 saturated heterocycles. The van der Waals surface area contributed by atoms with Crippen molar-refractivity contribution in [2.24, 2.45) is 5.84 Å². The van der Waals surface area contributed by atoms with E-state index in [1.54, 1.807) is 0 Å². The number of rotatable bonds is 3. The smallest absolute Gasteiger partial charge is 0.300 e. The Labute approximate surface area is 85.0 Å². The summed E-state index contributed by atoms with van der Waals surface area (Å²) in [5.74, 6) is 4.99. The number of hydrogen-bond donors (Lipinski definition) is 2. The highest BCUT2D eigenvalue weighted by atomic mass is 16.6. The molecule has 0 aliphatic carbocycles. The van der Waals surface area contributed by atoms with E-state index in [2.05, 4.69) is 5.43 Å². The summed E-state index contributed by atoms with van der Waals surface area (Å²) in [4.78, 5) is 19.3. The van der Waals surface area contributed by atoms with E-state index in [0.717, 1.165) is 12.1 Å². The number of benzene rings is 1. The highest BCUT2D eigenvalue weighted by molar-refractivity contribution is 5.64. The van der Waals surface area contributed by atoms with Gasteiger partial charge in [0, 0.05) is 6.07 Å². The van der Waals surface area contributed by atoms with Crippen LogP contribution in [0.2, 0.25) is 0 Å². The largest absolute Gasteiger partial charge is 0.318 e.